The molecule has 5 heteroatoms. The molecule has 1 aromatic rings. The van der Waals surface area contributed by atoms with Gasteiger partial charge in [-0.15, -0.1) is 0 Å². The lowest BCUT2D eigenvalue weighted by atomic mass is 10.4. The van der Waals surface area contributed by atoms with Crippen LogP contribution in [0.25, 0.3) is 0 Å². The van der Waals surface area contributed by atoms with E-state index in [1.54, 1.807) is 12.4 Å². The highest BCUT2D eigenvalue weighted by molar-refractivity contribution is 5.08. The van der Waals surface area contributed by atoms with Crippen LogP contribution >= 0.6 is 0 Å². The molecule has 0 aromatic carbocycles. The van der Waals surface area contributed by atoms with Crippen LogP contribution in [0, 0.1) is 0 Å². The second-order valence-electron chi connectivity index (χ2n) is 4.88. The van der Waals surface area contributed by atoms with Crippen molar-refractivity contribution in [1.29, 1.82) is 0 Å². The van der Waals surface area contributed by atoms with Crippen molar-refractivity contribution in [3.63, 3.8) is 0 Å². The second-order valence-corrected chi connectivity index (χ2v) is 4.88. The van der Waals surface area contributed by atoms with Crippen molar-refractivity contribution in [1.82, 2.24) is 20.2 Å². The Hall–Kier alpha value is -1.20. The van der Waals surface area contributed by atoms with Gasteiger partial charge >= 0.3 is 0 Å². The molecule has 1 aliphatic carbocycles. The fraction of sp³-hybridized carbons (Fsp3) is 0.714. The van der Waals surface area contributed by atoms with Gasteiger partial charge in [0.15, 0.2) is 0 Å². The molecule has 1 aromatic heterocycles. The Kier molecular flexibility index (Phi) is 5.54. The highest BCUT2D eigenvalue weighted by Gasteiger charge is 2.20. The van der Waals surface area contributed by atoms with Crippen LogP contribution in [-0.4, -0.2) is 47.2 Å². The third-order valence-corrected chi connectivity index (χ3v) is 3.36. The van der Waals surface area contributed by atoms with Crippen molar-refractivity contribution < 1.29 is 4.74 Å². The number of nitrogens with zero attached hydrogens (tertiary/aromatic N) is 3. The number of ether oxygens (including phenoxy) is 1. The lowest BCUT2D eigenvalue weighted by Gasteiger charge is -2.17. The van der Waals surface area contributed by atoms with Gasteiger partial charge in [0.2, 0.25) is 5.88 Å². The van der Waals surface area contributed by atoms with E-state index >= 15 is 0 Å². The number of hydrogen-bond acceptors (Lipinski definition) is 5. The summed E-state index contributed by atoms with van der Waals surface area (Å²) in [6, 6.07) is 0.689. The lowest BCUT2D eigenvalue weighted by molar-refractivity contribution is 0.217. The molecule has 0 amide bonds. The molecule has 1 aliphatic rings. The van der Waals surface area contributed by atoms with Crippen molar-refractivity contribution in [2.24, 2.45) is 0 Å². The van der Waals surface area contributed by atoms with Gasteiger partial charge < -0.3 is 15.0 Å². The zero-order valence-corrected chi connectivity index (χ0v) is 11.9. The third kappa shape index (κ3) is 5.12. The van der Waals surface area contributed by atoms with E-state index in [1.807, 2.05) is 0 Å². The Bertz CT molecular complexity index is 377. The summed E-state index contributed by atoms with van der Waals surface area (Å²) < 4.78 is 5.66. The van der Waals surface area contributed by atoms with Crippen LogP contribution in [-0.2, 0) is 6.54 Å². The van der Waals surface area contributed by atoms with Gasteiger partial charge in [0.1, 0.15) is 6.61 Å². The van der Waals surface area contributed by atoms with Gasteiger partial charge in [-0.1, -0.05) is 13.8 Å². The van der Waals surface area contributed by atoms with Gasteiger partial charge in [0, 0.05) is 25.3 Å². The highest BCUT2D eigenvalue weighted by Crippen LogP contribution is 2.19. The van der Waals surface area contributed by atoms with Crippen LogP contribution in [0.1, 0.15) is 32.4 Å². The summed E-state index contributed by atoms with van der Waals surface area (Å²) in [6.45, 7) is 8.80. The van der Waals surface area contributed by atoms with Crippen LogP contribution < -0.4 is 10.1 Å². The largest absolute Gasteiger partial charge is 0.475 e. The molecule has 19 heavy (non-hydrogen) atoms. The van der Waals surface area contributed by atoms with Crippen LogP contribution in [0.5, 0.6) is 5.88 Å². The molecular formula is C14H24N4O. The van der Waals surface area contributed by atoms with Crippen molar-refractivity contribution >= 4 is 0 Å². The Morgan fingerprint density at radius 3 is 2.79 bits per heavy atom. The molecule has 106 valence electrons. The lowest BCUT2D eigenvalue weighted by Crippen LogP contribution is -2.28. The first-order chi connectivity index (χ1) is 9.31. The zero-order valence-electron chi connectivity index (χ0n) is 11.9. The quantitative estimate of drug-likeness (QED) is 0.731. The Labute approximate surface area is 115 Å². The van der Waals surface area contributed by atoms with Gasteiger partial charge in [0.05, 0.1) is 11.9 Å². The molecule has 0 radical (unpaired) electrons. The summed E-state index contributed by atoms with van der Waals surface area (Å²) in [5, 5.41) is 3.43. The topological polar surface area (TPSA) is 50.3 Å². The SMILES string of the molecule is CCN(CC)CCOc1cncc(CNC2CC2)n1. The third-order valence-electron chi connectivity index (χ3n) is 3.36. The number of aromatic nitrogens is 2. The van der Waals surface area contributed by atoms with Gasteiger partial charge in [-0.05, 0) is 25.9 Å². The van der Waals surface area contributed by atoms with E-state index in [4.69, 9.17) is 4.74 Å². The van der Waals surface area contributed by atoms with Gasteiger partial charge in [-0.25, -0.2) is 4.98 Å². The van der Waals surface area contributed by atoms with E-state index in [-0.39, 0.29) is 0 Å². The molecule has 0 bridgehead atoms. The van der Waals surface area contributed by atoms with E-state index in [1.165, 1.54) is 12.8 Å². The van der Waals surface area contributed by atoms with Gasteiger partial charge in [-0.3, -0.25) is 4.98 Å². The number of nitrogens with one attached hydrogen (secondary N) is 1. The molecule has 2 rings (SSSR count). The molecule has 1 saturated carbocycles. The molecule has 0 saturated heterocycles. The fourth-order valence-electron chi connectivity index (χ4n) is 1.90. The summed E-state index contributed by atoms with van der Waals surface area (Å²) in [6.07, 6.45) is 6.05. The normalized spacial score (nSPS) is 14.9. The van der Waals surface area contributed by atoms with Gasteiger partial charge in [0.25, 0.3) is 0 Å². The van der Waals surface area contributed by atoms with Crippen molar-refractivity contribution in [2.75, 3.05) is 26.2 Å². The van der Waals surface area contributed by atoms with E-state index in [9.17, 15) is 0 Å². The summed E-state index contributed by atoms with van der Waals surface area (Å²) in [4.78, 5) is 11.0. The monoisotopic (exact) mass is 264 g/mol. The van der Waals surface area contributed by atoms with E-state index in [2.05, 4.69) is 34.0 Å². The summed E-state index contributed by atoms with van der Waals surface area (Å²) in [7, 11) is 0. The zero-order chi connectivity index (χ0) is 13.5. The second kappa shape index (κ2) is 7.40. The van der Waals surface area contributed by atoms with E-state index < -0.39 is 0 Å². The summed E-state index contributed by atoms with van der Waals surface area (Å²) in [5.74, 6) is 0.627. The standard InChI is InChI=1S/C14H24N4O/c1-3-18(4-2)7-8-19-14-11-15-9-13(17-14)10-16-12-5-6-12/h9,11-12,16H,3-8,10H2,1-2H3. The molecular weight excluding hydrogens is 240 g/mol. The molecule has 0 atom stereocenters. The molecule has 1 N–H and O–H groups in total. The number of rotatable bonds is 9. The minimum absolute atomic E-state index is 0.627. The summed E-state index contributed by atoms with van der Waals surface area (Å²) in [5.41, 5.74) is 0.951. The minimum Gasteiger partial charge on any atom is -0.475 e. The van der Waals surface area contributed by atoms with Gasteiger partial charge in [-0.2, -0.15) is 0 Å². The number of hydrogen-bond donors (Lipinski definition) is 1. The summed E-state index contributed by atoms with van der Waals surface area (Å²) >= 11 is 0. The molecule has 5 nitrogen and oxygen atoms in total. The maximum atomic E-state index is 5.66. The molecule has 1 fully saturated rings. The number of likely N-dealkylation sites (N-methyl/N-ethyl adjacent to an activating group) is 1. The highest BCUT2D eigenvalue weighted by atomic mass is 16.5. The van der Waals surface area contributed by atoms with Crippen LogP contribution in [0.2, 0.25) is 0 Å². The molecule has 0 spiro atoms. The first-order valence-corrected chi connectivity index (χ1v) is 7.21. The first kappa shape index (κ1) is 14.2. The Morgan fingerprint density at radius 2 is 2.11 bits per heavy atom. The molecule has 0 aliphatic heterocycles. The smallest absolute Gasteiger partial charge is 0.232 e. The average molecular weight is 264 g/mol. The van der Waals surface area contributed by atoms with Crippen LogP contribution in [0.3, 0.4) is 0 Å². The van der Waals surface area contributed by atoms with Crippen LogP contribution in [0.15, 0.2) is 12.4 Å². The van der Waals surface area contributed by atoms with Crippen molar-refractivity contribution in [2.45, 2.75) is 39.3 Å². The predicted molar refractivity (Wildman–Crippen MR) is 75.2 cm³/mol. The molecule has 1 heterocycles. The fourth-order valence-corrected chi connectivity index (χ4v) is 1.90. The Morgan fingerprint density at radius 1 is 1.32 bits per heavy atom. The Balaban J connectivity index is 1.74. The first-order valence-electron chi connectivity index (χ1n) is 7.21. The maximum Gasteiger partial charge on any atom is 0.232 e. The van der Waals surface area contributed by atoms with E-state index in [0.717, 1.165) is 31.9 Å². The van der Waals surface area contributed by atoms with E-state index in [0.29, 0.717) is 18.5 Å². The van der Waals surface area contributed by atoms with Crippen molar-refractivity contribution in [3.05, 3.63) is 18.1 Å². The molecule has 0 unspecified atom stereocenters. The van der Waals surface area contributed by atoms with Crippen LogP contribution in [0.4, 0.5) is 0 Å². The predicted octanol–water partition coefficient (Wildman–Crippen LogP) is 1.45. The minimum atomic E-state index is 0.627. The van der Waals surface area contributed by atoms with Crippen molar-refractivity contribution in [3.8, 4) is 5.88 Å². The maximum absolute atomic E-state index is 5.66. The average Bonchev–Trinajstić information content (AvgIpc) is 3.26.